The van der Waals surface area contributed by atoms with Crippen molar-refractivity contribution in [1.29, 1.82) is 0 Å². The van der Waals surface area contributed by atoms with Gasteiger partial charge in [0.25, 0.3) is 0 Å². The van der Waals surface area contributed by atoms with Gasteiger partial charge in [-0.05, 0) is 50.9 Å². The van der Waals surface area contributed by atoms with Gasteiger partial charge in [-0.1, -0.05) is 32.1 Å². The number of benzene rings is 1. The number of nitrogens with zero attached hydrogens (tertiary/aromatic N) is 4. The molecule has 1 aliphatic carbocycles. The highest BCUT2D eigenvalue weighted by molar-refractivity contribution is 5.51. The van der Waals surface area contributed by atoms with E-state index in [4.69, 9.17) is 21.9 Å². The number of piperidine rings is 1. The molecule has 2 aliphatic heterocycles. The standard InChI is InChI=1S/C24H42FN7O/c1-33-21-12-11-19(17-20(21)25)32-23(27)30(16-15-29-13-7-4-8-14-29)22(26)31(24(32)28)18-9-5-2-3-6-10-18/h11-12,17-18,22-24H,2-10,13-16,26-28H2,1H3. The van der Waals surface area contributed by atoms with E-state index < -0.39 is 18.4 Å². The lowest BCUT2D eigenvalue weighted by Gasteiger charge is -2.57. The predicted molar refractivity (Wildman–Crippen MR) is 130 cm³/mol. The summed E-state index contributed by atoms with van der Waals surface area (Å²) in [5, 5.41) is 0. The van der Waals surface area contributed by atoms with E-state index in [0.29, 0.717) is 5.69 Å². The Morgan fingerprint density at radius 2 is 1.55 bits per heavy atom. The Kier molecular flexibility index (Phi) is 8.43. The molecule has 2 saturated heterocycles. The lowest BCUT2D eigenvalue weighted by Crippen LogP contribution is -2.80. The average molecular weight is 464 g/mol. The van der Waals surface area contributed by atoms with E-state index in [1.165, 1.54) is 58.1 Å². The number of rotatable bonds is 6. The van der Waals surface area contributed by atoms with Gasteiger partial charge in [0, 0.05) is 30.9 Å². The van der Waals surface area contributed by atoms with E-state index in [9.17, 15) is 4.39 Å². The maximum Gasteiger partial charge on any atom is 0.167 e. The van der Waals surface area contributed by atoms with Crippen LogP contribution in [-0.2, 0) is 0 Å². The first kappa shape index (κ1) is 24.6. The minimum absolute atomic E-state index is 0.206. The van der Waals surface area contributed by atoms with Crippen LogP contribution in [0.4, 0.5) is 10.1 Å². The first-order valence-electron chi connectivity index (χ1n) is 12.7. The third-order valence-corrected chi connectivity index (χ3v) is 7.66. The molecule has 6 N–H and O–H groups in total. The smallest absolute Gasteiger partial charge is 0.167 e. The van der Waals surface area contributed by atoms with Crippen LogP contribution in [0.25, 0.3) is 0 Å². The van der Waals surface area contributed by atoms with Gasteiger partial charge in [-0.25, -0.2) is 14.2 Å². The second kappa shape index (κ2) is 11.3. The van der Waals surface area contributed by atoms with Gasteiger partial charge >= 0.3 is 0 Å². The molecular weight excluding hydrogens is 421 g/mol. The van der Waals surface area contributed by atoms with E-state index in [0.717, 1.165) is 39.0 Å². The summed E-state index contributed by atoms with van der Waals surface area (Å²) in [6.45, 7) is 3.91. The zero-order chi connectivity index (χ0) is 23.4. The second-order valence-corrected chi connectivity index (χ2v) is 9.70. The quantitative estimate of drug-likeness (QED) is 0.552. The highest BCUT2D eigenvalue weighted by atomic mass is 19.1. The summed E-state index contributed by atoms with van der Waals surface area (Å²) in [4.78, 5) is 8.75. The molecule has 0 amide bonds. The topological polar surface area (TPSA) is 100 Å². The van der Waals surface area contributed by atoms with Gasteiger partial charge < -0.3 is 20.3 Å². The van der Waals surface area contributed by atoms with Gasteiger partial charge in [-0.2, -0.15) is 0 Å². The van der Waals surface area contributed by atoms with E-state index in [2.05, 4.69) is 14.7 Å². The lowest BCUT2D eigenvalue weighted by atomic mass is 10.1. The summed E-state index contributed by atoms with van der Waals surface area (Å²) >= 11 is 0. The van der Waals surface area contributed by atoms with Crippen LogP contribution in [0, 0.1) is 5.82 Å². The summed E-state index contributed by atoms with van der Waals surface area (Å²) in [5.74, 6) is -0.220. The van der Waals surface area contributed by atoms with Gasteiger partial charge in [0.05, 0.1) is 7.11 Å². The van der Waals surface area contributed by atoms with E-state index >= 15 is 0 Å². The van der Waals surface area contributed by atoms with Crippen molar-refractivity contribution in [3.8, 4) is 5.75 Å². The normalized spacial score (nSPS) is 29.2. The third kappa shape index (κ3) is 5.44. The predicted octanol–water partition coefficient (Wildman–Crippen LogP) is 2.19. The molecular formula is C24H42FN7O. The summed E-state index contributed by atoms with van der Waals surface area (Å²) in [7, 11) is 1.46. The Hall–Kier alpha value is -1.49. The Labute approximate surface area is 197 Å². The van der Waals surface area contributed by atoms with Gasteiger partial charge in [0.15, 0.2) is 11.6 Å². The monoisotopic (exact) mass is 463 g/mol. The van der Waals surface area contributed by atoms with Crippen molar-refractivity contribution in [2.45, 2.75) is 82.7 Å². The van der Waals surface area contributed by atoms with Crippen LogP contribution < -0.4 is 26.8 Å². The Bertz CT molecular complexity index is 754. The molecule has 9 heteroatoms. The van der Waals surface area contributed by atoms with Crippen LogP contribution in [0.3, 0.4) is 0 Å². The van der Waals surface area contributed by atoms with Crippen molar-refractivity contribution in [2.24, 2.45) is 17.2 Å². The molecule has 0 aromatic heterocycles. The molecule has 0 radical (unpaired) electrons. The lowest BCUT2D eigenvalue weighted by molar-refractivity contribution is -0.0876. The fourth-order valence-electron chi connectivity index (χ4n) is 5.76. The zero-order valence-corrected chi connectivity index (χ0v) is 20.0. The van der Waals surface area contributed by atoms with E-state index in [1.807, 2.05) is 11.0 Å². The molecule has 3 unspecified atom stereocenters. The Balaban J connectivity index is 1.61. The van der Waals surface area contributed by atoms with Crippen LogP contribution in [0.15, 0.2) is 18.2 Å². The van der Waals surface area contributed by atoms with Gasteiger partial charge in [0.1, 0.15) is 18.9 Å². The van der Waals surface area contributed by atoms with Crippen LogP contribution in [0.2, 0.25) is 0 Å². The average Bonchev–Trinajstić information content (AvgIpc) is 3.09. The third-order valence-electron chi connectivity index (χ3n) is 7.66. The fourth-order valence-corrected chi connectivity index (χ4v) is 5.76. The SMILES string of the molecule is COc1ccc(N2C(N)N(CCN3CCCCC3)C(N)N(C3CCCCCC3)C2N)cc1F. The van der Waals surface area contributed by atoms with Crippen LogP contribution in [0.1, 0.15) is 57.8 Å². The molecule has 1 aromatic rings. The number of nitrogens with two attached hydrogens (primary N) is 3. The molecule has 0 bridgehead atoms. The Morgan fingerprint density at radius 1 is 0.879 bits per heavy atom. The van der Waals surface area contributed by atoms with Gasteiger partial charge in [-0.3, -0.25) is 11.5 Å². The number of halogens is 1. The number of ether oxygens (including phenoxy) is 1. The summed E-state index contributed by atoms with van der Waals surface area (Å²) in [5.41, 5.74) is 21.1. The van der Waals surface area contributed by atoms with Crippen molar-refractivity contribution < 1.29 is 9.13 Å². The molecule has 4 rings (SSSR count). The van der Waals surface area contributed by atoms with Crippen LogP contribution >= 0.6 is 0 Å². The molecule has 186 valence electrons. The van der Waals surface area contributed by atoms with Crippen molar-refractivity contribution >= 4 is 5.69 Å². The van der Waals surface area contributed by atoms with Gasteiger partial charge in [0.2, 0.25) is 0 Å². The maximum atomic E-state index is 14.6. The first-order chi connectivity index (χ1) is 16.0. The largest absolute Gasteiger partial charge is 0.494 e. The molecule has 1 saturated carbocycles. The van der Waals surface area contributed by atoms with Crippen molar-refractivity contribution in [1.82, 2.24) is 14.7 Å². The van der Waals surface area contributed by atoms with Crippen molar-refractivity contribution in [3.63, 3.8) is 0 Å². The van der Waals surface area contributed by atoms with E-state index in [-0.39, 0.29) is 18.1 Å². The molecule has 3 atom stereocenters. The molecule has 33 heavy (non-hydrogen) atoms. The summed E-state index contributed by atoms with van der Waals surface area (Å²) in [6.07, 6.45) is 9.34. The number of hydrogen-bond donors (Lipinski definition) is 3. The minimum atomic E-state index is -0.547. The highest BCUT2D eigenvalue weighted by Crippen LogP contribution is 2.33. The van der Waals surface area contributed by atoms with E-state index in [1.54, 1.807) is 6.07 Å². The van der Waals surface area contributed by atoms with Crippen LogP contribution in [0.5, 0.6) is 5.75 Å². The first-order valence-corrected chi connectivity index (χ1v) is 12.7. The fraction of sp³-hybridized carbons (Fsp3) is 0.750. The van der Waals surface area contributed by atoms with Crippen LogP contribution in [-0.4, -0.2) is 72.9 Å². The van der Waals surface area contributed by atoms with Crippen molar-refractivity contribution in [2.75, 3.05) is 38.2 Å². The van der Waals surface area contributed by atoms with Crippen molar-refractivity contribution in [3.05, 3.63) is 24.0 Å². The number of anilines is 1. The molecule has 1 aromatic carbocycles. The zero-order valence-electron chi connectivity index (χ0n) is 20.0. The highest BCUT2D eigenvalue weighted by Gasteiger charge is 2.44. The second-order valence-electron chi connectivity index (χ2n) is 9.70. The molecule has 3 aliphatic rings. The number of methoxy groups -OCH3 is 1. The summed E-state index contributed by atoms with van der Waals surface area (Å²) < 4.78 is 19.8. The molecule has 2 heterocycles. The minimum Gasteiger partial charge on any atom is -0.494 e. The number of hydrogen-bond acceptors (Lipinski definition) is 8. The summed E-state index contributed by atoms with van der Waals surface area (Å²) in [6, 6.07) is 5.20. The molecule has 0 spiro atoms. The molecule has 8 nitrogen and oxygen atoms in total. The number of likely N-dealkylation sites (tertiary alicyclic amines) is 1. The Morgan fingerprint density at radius 3 is 2.18 bits per heavy atom. The van der Waals surface area contributed by atoms with Gasteiger partial charge in [-0.15, -0.1) is 0 Å². The molecule has 3 fully saturated rings. The maximum absolute atomic E-state index is 14.6.